The van der Waals surface area contributed by atoms with Crippen molar-refractivity contribution in [3.05, 3.63) is 40.3 Å². The monoisotopic (exact) mass is 342 g/mol. The maximum absolute atomic E-state index is 12.1. The van der Waals surface area contributed by atoms with E-state index < -0.39 is 0 Å². The molecule has 25 heavy (non-hydrogen) atoms. The maximum atomic E-state index is 12.1. The molecule has 1 aliphatic rings. The maximum Gasteiger partial charge on any atom is 0.351 e. The molecule has 0 spiro atoms. The third-order valence-electron chi connectivity index (χ3n) is 4.49. The zero-order valence-electron chi connectivity index (χ0n) is 15.5. The average molecular weight is 342 g/mol. The molecule has 0 unspecified atom stereocenters. The van der Waals surface area contributed by atoms with E-state index in [1.165, 1.54) is 12.7 Å². The van der Waals surface area contributed by atoms with E-state index in [1.54, 1.807) is 4.57 Å². The molecule has 1 aromatic heterocycles. The zero-order chi connectivity index (χ0) is 18.0. The molecule has 5 nitrogen and oxygen atoms in total. The smallest absolute Gasteiger partial charge is 0.351 e. The van der Waals surface area contributed by atoms with Gasteiger partial charge in [-0.3, -0.25) is 4.57 Å². The van der Waals surface area contributed by atoms with Crippen molar-refractivity contribution in [2.24, 2.45) is 5.41 Å². The molecule has 134 valence electrons. The number of methoxy groups -OCH3 is 1. The van der Waals surface area contributed by atoms with E-state index in [-0.39, 0.29) is 5.69 Å². The second-order valence-electron chi connectivity index (χ2n) is 7.70. The van der Waals surface area contributed by atoms with Crippen LogP contribution in [0.3, 0.4) is 0 Å². The molecule has 0 atom stereocenters. The Bertz CT molecular complexity index is 819. The van der Waals surface area contributed by atoms with Crippen molar-refractivity contribution in [3.8, 4) is 22.9 Å². The highest BCUT2D eigenvalue weighted by Crippen LogP contribution is 2.32. The summed E-state index contributed by atoms with van der Waals surface area (Å²) in [5, 5.41) is 0. The van der Waals surface area contributed by atoms with Crippen LogP contribution in [-0.2, 0) is 13.0 Å². The first-order valence-corrected chi connectivity index (χ1v) is 8.79. The van der Waals surface area contributed by atoms with E-state index in [4.69, 9.17) is 9.47 Å². The summed E-state index contributed by atoms with van der Waals surface area (Å²) in [4.78, 5) is 16.0. The van der Waals surface area contributed by atoms with E-state index in [0.717, 1.165) is 42.9 Å². The van der Waals surface area contributed by atoms with E-state index >= 15 is 0 Å². The fourth-order valence-electron chi connectivity index (χ4n) is 3.17. The predicted octanol–water partition coefficient (Wildman–Crippen LogP) is 3.68. The van der Waals surface area contributed by atoms with Crippen LogP contribution in [0.5, 0.6) is 11.6 Å². The molecular weight excluding hydrogens is 316 g/mol. The van der Waals surface area contributed by atoms with Crippen molar-refractivity contribution < 1.29 is 9.47 Å². The summed E-state index contributed by atoms with van der Waals surface area (Å²) in [7, 11) is 1.52. The largest absolute Gasteiger partial charge is 0.494 e. The number of fused-ring (bicyclic) bond motifs is 3. The second kappa shape index (κ2) is 6.90. The quantitative estimate of drug-likeness (QED) is 0.778. The summed E-state index contributed by atoms with van der Waals surface area (Å²) in [6.07, 6.45) is 2.98. The highest BCUT2D eigenvalue weighted by atomic mass is 16.5. The fraction of sp³-hybridized carbons (Fsp3) is 0.500. The Balaban J connectivity index is 1.78. The Morgan fingerprint density at radius 1 is 1.24 bits per heavy atom. The molecule has 0 fully saturated rings. The molecular formula is C20H26N2O3. The van der Waals surface area contributed by atoms with Gasteiger partial charge in [0.05, 0.1) is 19.4 Å². The highest BCUT2D eigenvalue weighted by Gasteiger charge is 2.19. The van der Waals surface area contributed by atoms with Gasteiger partial charge in [-0.25, -0.2) is 4.79 Å². The van der Waals surface area contributed by atoms with Crippen LogP contribution in [0.2, 0.25) is 0 Å². The number of hydrogen-bond donors (Lipinski definition) is 0. The summed E-state index contributed by atoms with van der Waals surface area (Å²) in [5.74, 6) is 1.25. The first-order valence-electron chi connectivity index (χ1n) is 8.79. The van der Waals surface area contributed by atoms with Crippen molar-refractivity contribution in [2.75, 3.05) is 13.7 Å². The van der Waals surface area contributed by atoms with E-state index in [9.17, 15) is 4.79 Å². The Morgan fingerprint density at radius 3 is 2.76 bits per heavy atom. The van der Waals surface area contributed by atoms with Gasteiger partial charge in [0, 0.05) is 18.2 Å². The van der Waals surface area contributed by atoms with Crippen molar-refractivity contribution >= 4 is 0 Å². The van der Waals surface area contributed by atoms with Crippen molar-refractivity contribution in [1.82, 2.24) is 9.55 Å². The molecule has 5 heteroatoms. The van der Waals surface area contributed by atoms with Gasteiger partial charge >= 0.3 is 5.69 Å². The minimum Gasteiger partial charge on any atom is -0.494 e. The lowest BCUT2D eigenvalue weighted by molar-refractivity contribution is 0.269. The van der Waals surface area contributed by atoms with Crippen molar-refractivity contribution in [2.45, 2.75) is 46.6 Å². The molecule has 0 bridgehead atoms. The molecule has 2 aromatic rings. The van der Waals surface area contributed by atoms with Crippen LogP contribution in [0.25, 0.3) is 11.3 Å². The average Bonchev–Trinajstić information content (AvgIpc) is 2.57. The molecule has 0 amide bonds. The summed E-state index contributed by atoms with van der Waals surface area (Å²) in [6, 6.07) is 7.91. The van der Waals surface area contributed by atoms with Crippen LogP contribution in [0.4, 0.5) is 0 Å². The molecule has 1 aromatic carbocycles. The normalized spacial score (nSPS) is 13.1. The SMILES string of the molecule is COc1cc2n(c(=O)n1)CCc1cc(OCCCC(C)(C)C)ccc1-2. The van der Waals surface area contributed by atoms with Gasteiger partial charge in [0.25, 0.3) is 0 Å². The number of benzene rings is 1. The topological polar surface area (TPSA) is 53.4 Å². The number of hydrogen-bond acceptors (Lipinski definition) is 4. The van der Waals surface area contributed by atoms with Gasteiger partial charge in [0.1, 0.15) is 5.75 Å². The van der Waals surface area contributed by atoms with Gasteiger partial charge in [-0.15, -0.1) is 0 Å². The van der Waals surface area contributed by atoms with Crippen LogP contribution in [0, 0.1) is 5.41 Å². The van der Waals surface area contributed by atoms with Crippen LogP contribution in [0.15, 0.2) is 29.1 Å². The van der Waals surface area contributed by atoms with Gasteiger partial charge in [0.15, 0.2) is 0 Å². The van der Waals surface area contributed by atoms with Crippen LogP contribution >= 0.6 is 0 Å². The fourth-order valence-corrected chi connectivity index (χ4v) is 3.17. The summed E-state index contributed by atoms with van der Waals surface area (Å²) in [6.45, 7) is 8.09. The predicted molar refractivity (Wildman–Crippen MR) is 98.4 cm³/mol. The summed E-state index contributed by atoms with van der Waals surface area (Å²) < 4.78 is 12.8. The zero-order valence-corrected chi connectivity index (χ0v) is 15.5. The molecule has 2 heterocycles. The standard InChI is InChI=1S/C20H26N2O3/c1-20(2,3)9-5-11-25-15-6-7-16-14(12-15)8-10-22-17(16)13-18(24-4)21-19(22)23/h6-7,12-13H,5,8-11H2,1-4H3. The first-order chi connectivity index (χ1) is 11.9. The van der Waals surface area contributed by atoms with Crippen LogP contribution in [0.1, 0.15) is 39.2 Å². The van der Waals surface area contributed by atoms with Crippen molar-refractivity contribution in [1.29, 1.82) is 0 Å². The molecule has 0 saturated heterocycles. The summed E-state index contributed by atoms with van der Waals surface area (Å²) in [5.41, 5.74) is 3.18. The second-order valence-corrected chi connectivity index (χ2v) is 7.70. The minimum atomic E-state index is -0.262. The van der Waals surface area contributed by atoms with E-state index in [0.29, 0.717) is 17.8 Å². The highest BCUT2D eigenvalue weighted by molar-refractivity contribution is 5.67. The Hall–Kier alpha value is -2.30. The number of aromatic nitrogens is 2. The minimum absolute atomic E-state index is 0.262. The number of nitrogens with zero attached hydrogens (tertiary/aromatic N) is 2. The lowest BCUT2D eigenvalue weighted by atomic mass is 9.91. The number of rotatable bonds is 5. The van der Waals surface area contributed by atoms with Crippen LogP contribution in [-0.4, -0.2) is 23.3 Å². The number of aryl methyl sites for hydroxylation is 1. The molecule has 1 aliphatic heterocycles. The molecule has 0 radical (unpaired) electrons. The molecule has 0 N–H and O–H groups in total. The lowest BCUT2D eigenvalue weighted by Gasteiger charge is -2.22. The van der Waals surface area contributed by atoms with E-state index in [2.05, 4.69) is 31.8 Å². The van der Waals surface area contributed by atoms with Gasteiger partial charge < -0.3 is 9.47 Å². The Labute approximate surface area is 148 Å². The molecule has 3 rings (SSSR count). The van der Waals surface area contributed by atoms with Gasteiger partial charge in [-0.05, 0) is 48.4 Å². The summed E-state index contributed by atoms with van der Waals surface area (Å²) >= 11 is 0. The van der Waals surface area contributed by atoms with Gasteiger partial charge in [-0.2, -0.15) is 4.98 Å². The van der Waals surface area contributed by atoms with E-state index in [1.807, 2.05) is 18.2 Å². The van der Waals surface area contributed by atoms with Crippen molar-refractivity contribution in [3.63, 3.8) is 0 Å². The number of ether oxygens (including phenoxy) is 2. The molecule has 0 aliphatic carbocycles. The Morgan fingerprint density at radius 2 is 2.04 bits per heavy atom. The molecule has 0 saturated carbocycles. The first kappa shape index (κ1) is 17.5. The van der Waals surface area contributed by atoms with Crippen LogP contribution < -0.4 is 15.2 Å². The lowest BCUT2D eigenvalue weighted by Crippen LogP contribution is -2.28. The van der Waals surface area contributed by atoms with Gasteiger partial charge in [0.2, 0.25) is 5.88 Å². The Kier molecular flexibility index (Phi) is 4.84. The third-order valence-corrected chi connectivity index (χ3v) is 4.49. The third kappa shape index (κ3) is 4.03. The van der Waals surface area contributed by atoms with Gasteiger partial charge in [-0.1, -0.05) is 20.8 Å².